The molecule has 0 aliphatic carbocycles. The van der Waals surface area contributed by atoms with Crippen LogP contribution in [0.15, 0.2) is 48.5 Å². The Kier molecular flexibility index (Phi) is 4.49. The van der Waals surface area contributed by atoms with Crippen molar-refractivity contribution in [2.45, 2.75) is 12.3 Å². The zero-order valence-electron chi connectivity index (χ0n) is 10.5. The SMILES string of the molecule is N#C[C@H](CC(=O)c1ccc(Cl)cc1)c1ccc(F)cc1. The van der Waals surface area contributed by atoms with E-state index in [2.05, 4.69) is 6.07 Å². The lowest BCUT2D eigenvalue weighted by molar-refractivity contribution is 0.0979. The van der Waals surface area contributed by atoms with Crippen molar-refractivity contribution in [2.75, 3.05) is 0 Å². The number of nitriles is 1. The summed E-state index contributed by atoms with van der Waals surface area (Å²) < 4.78 is 12.9. The molecule has 0 fully saturated rings. The first-order valence-electron chi connectivity index (χ1n) is 6.04. The van der Waals surface area contributed by atoms with Crippen LogP contribution in [0.2, 0.25) is 5.02 Å². The van der Waals surface area contributed by atoms with Gasteiger partial charge in [-0.25, -0.2) is 4.39 Å². The molecule has 0 spiro atoms. The molecule has 0 unspecified atom stereocenters. The summed E-state index contributed by atoms with van der Waals surface area (Å²) in [6, 6.07) is 14.2. The molecule has 20 heavy (non-hydrogen) atoms. The Morgan fingerprint density at radius 1 is 1.15 bits per heavy atom. The van der Waals surface area contributed by atoms with Gasteiger partial charge >= 0.3 is 0 Å². The summed E-state index contributed by atoms with van der Waals surface area (Å²) >= 11 is 5.76. The largest absolute Gasteiger partial charge is 0.294 e. The fourth-order valence-corrected chi connectivity index (χ4v) is 2.00. The topological polar surface area (TPSA) is 40.9 Å². The van der Waals surface area contributed by atoms with Crippen molar-refractivity contribution in [3.8, 4) is 6.07 Å². The van der Waals surface area contributed by atoms with E-state index in [0.29, 0.717) is 16.1 Å². The number of carbonyl (C=O) groups excluding carboxylic acids is 1. The van der Waals surface area contributed by atoms with E-state index in [1.807, 2.05) is 0 Å². The second-order valence-corrected chi connectivity index (χ2v) is 4.80. The monoisotopic (exact) mass is 287 g/mol. The molecule has 100 valence electrons. The third-order valence-corrected chi connectivity index (χ3v) is 3.24. The minimum absolute atomic E-state index is 0.0593. The Bertz CT molecular complexity index is 644. The first-order valence-corrected chi connectivity index (χ1v) is 6.42. The number of hydrogen-bond donors (Lipinski definition) is 0. The molecule has 2 nitrogen and oxygen atoms in total. The van der Waals surface area contributed by atoms with Crippen LogP contribution < -0.4 is 0 Å². The van der Waals surface area contributed by atoms with E-state index in [-0.39, 0.29) is 18.0 Å². The molecule has 0 bridgehead atoms. The van der Waals surface area contributed by atoms with Crippen molar-refractivity contribution >= 4 is 17.4 Å². The average molecular weight is 288 g/mol. The lowest BCUT2D eigenvalue weighted by atomic mass is 9.93. The van der Waals surface area contributed by atoms with E-state index in [1.165, 1.54) is 24.3 Å². The van der Waals surface area contributed by atoms with Gasteiger partial charge in [0.2, 0.25) is 0 Å². The predicted octanol–water partition coefficient (Wildman–Crippen LogP) is 4.36. The molecule has 2 aromatic rings. The van der Waals surface area contributed by atoms with Crippen molar-refractivity contribution < 1.29 is 9.18 Å². The Morgan fingerprint density at radius 2 is 1.75 bits per heavy atom. The van der Waals surface area contributed by atoms with E-state index in [0.717, 1.165) is 0 Å². The molecule has 2 rings (SSSR count). The standard InChI is InChI=1S/C16H11ClFNO/c17-14-5-1-12(2-6-14)16(20)9-13(10-19)11-3-7-15(18)8-4-11/h1-8,13H,9H2/t13-/m0/s1. The molecular weight excluding hydrogens is 277 g/mol. The molecule has 0 aliphatic heterocycles. The van der Waals surface area contributed by atoms with Gasteiger partial charge in [-0.2, -0.15) is 5.26 Å². The molecule has 0 radical (unpaired) electrons. The minimum Gasteiger partial charge on any atom is -0.294 e. The van der Waals surface area contributed by atoms with Crippen molar-refractivity contribution in [1.29, 1.82) is 5.26 Å². The number of hydrogen-bond acceptors (Lipinski definition) is 2. The van der Waals surface area contributed by atoms with E-state index < -0.39 is 5.92 Å². The molecule has 2 aromatic carbocycles. The van der Waals surface area contributed by atoms with Crippen LogP contribution in [-0.4, -0.2) is 5.78 Å². The molecule has 0 heterocycles. The van der Waals surface area contributed by atoms with Gasteiger partial charge in [0, 0.05) is 17.0 Å². The molecule has 0 aliphatic rings. The second kappa shape index (κ2) is 6.31. The van der Waals surface area contributed by atoms with Crippen molar-refractivity contribution in [1.82, 2.24) is 0 Å². The molecule has 0 aromatic heterocycles. The van der Waals surface area contributed by atoms with Crippen molar-refractivity contribution in [2.24, 2.45) is 0 Å². The normalized spacial score (nSPS) is 11.7. The Balaban J connectivity index is 2.14. The molecule has 4 heteroatoms. The molecule has 1 atom stereocenters. The summed E-state index contributed by atoms with van der Waals surface area (Å²) in [6.07, 6.45) is 0.0593. The summed E-state index contributed by atoms with van der Waals surface area (Å²) in [5.41, 5.74) is 1.15. The Hall–Kier alpha value is -2.18. The second-order valence-electron chi connectivity index (χ2n) is 4.37. The van der Waals surface area contributed by atoms with E-state index in [9.17, 15) is 14.4 Å². The fraction of sp³-hybridized carbons (Fsp3) is 0.125. The lowest BCUT2D eigenvalue weighted by Crippen LogP contribution is -2.06. The number of rotatable bonds is 4. The zero-order chi connectivity index (χ0) is 14.5. The minimum atomic E-state index is -0.584. The van der Waals surface area contributed by atoms with Crippen LogP contribution in [0, 0.1) is 17.1 Å². The van der Waals surface area contributed by atoms with Gasteiger partial charge in [0.15, 0.2) is 5.78 Å². The summed E-state index contributed by atoms with van der Waals surface area (Å²) in [7, 11) is 0. The number of carbonyl (C=O) groups is 1. The fourth-order valence-electron chi connectivity index (χ4n) is 1.87. The summed E-state index contributed by atoms with van der Waals surface area (Å²) in [4.78, 5) is 12.1. The van der Waals surface area contributed by atoms with Gasteiger partial charge in [-0.05, 0) is 42.0 Å². The molecule has 0 saturated heterocycles. The van der Waals surface area contributed by atoms with Crippen molar-refractivity contribution in [3.63, 3.8) is 0 Å². The highest BCUT2D eigenvalue weighted by Crippen LogP contribution is 2.22. The first-order chi connectivity index (χ1) is 9.60. The smallest absolute Gasteiger partial charge is 0.164 e. The molecular formula is C16H11ClFNO. The lowest BCUT2D eigenvalue weighted by Gasteiger charge is -2.08. The number of Topliss-reactive ketones (excluding diaryl/α,β-unsaturated/α-hetero) is 1. The van der Waals surface area contributed by atoms with Crippen molar-refractivity contribution in [3.05, 3.63) is 70.5 Å². The van der Waals surface area contributed by atoms with Gasteiger partial charge in [0.1, 0.15) is 5.82 Å². The molecule has 0 saturated carbocycles. The van der Waals surface area contributed by atoms with Gasteiger partial charge in [-0.3, -0.25) is 4.79 Å². The Morgan fingerprint density at radius 3 is 2.30 bits per heavy atom. The summed E-state index contributed by atoms with van der Waals surface area (Å²) in [6.45, 7) is 0. The van der Waals surface area contributed by atoms with Crippen LogP contribution in [0.25, 0.3) is 0 Å². The highest BCUT2D eigenvalue weighted by Gasteiger charge is 2.16. The van der Waals surface area contributed by atoms with Gasteiger partial charge in [-0.15, -0.1) is 0 Å². The maximum absolute atomic E-state index is 12.9. The van der Waals surface area contributed by atoms with E-state index >= 15 is 0 Å². The number of nitrogens with zero attached hydrogens (tertiary/aromatic N) is 1. The van der Waals surface area contributed by atoms with Gasteiger partial charge < -0.3 is 0 Å². The van der Waals surface area contributed by atoms with E-state index in [4.69, 9.17) is 11.6 Å². The summed E-state index contributed by atoms with van der Waals surface area (Å²) in [5, 5.41) is 9.72. The predicted molar refractivity (Wildman–Crippen MR) is 75.2 cm³/mol. The van der Waals surface area contributed by atoms with Crippen LogP contribution in [0.3, 0.4) is 0 Å². The third-order valence-electron chi connectivity index (χ3n) is 2.98. The number of halogens is 2. The third kappa shape index (κ3) is 3.43. The van der Waals surface area contributed by atoms with E-state index in [1.54, 1.807) is 24.3 Å². The maximum atomic E-state index is 12.9. The Labute approximate surface area is 121 Å². The van der Waals surface area contributed by atoms with Gasteiger partial charge in [-0.1, -0.05) is 23.7 Å². The number of ketones is 1. The van der Waals surface area contributed by atoms with Crippen LogP contribution >= 0.6 is 11.6 Å². The highest BCUT2D eigenvalue weighted by molar-refractivity contribution is 6.30. The molecule has 0 N–H and O–H groups in total. The zero-order valence-corrected chi connectivity index (χ0v) is 11.3. The quantitative estimate of drug-likeness (QED) is 0.784. The number of benzene rings is 2. The van der Waals surface area contributed by atoms with Gasteiger partial charge in [0.05, 0.1) is 12.0 Å². The first kappa shape index (κ1) is 14.2. The summed E-state index contributed by atoms with van der Waals surface area (Å²) in [5.74, 6) is -1.09. The van der Waals surface area contributed by atoms with Crippen LogP contribution in [0.4, 0.5) is 4.39 Å². The maximum Gasteiger partial charge on any atom is 0.164 e. The molecule has 0 amide bonds. The van der Waals surface area contributed by atoms with Crippen LogP contribution in [0.1, 0.15) is 28.3 Å². The van der Waals surface area contributed by atoms with Crippen LogP contribution in [-0.2, 0) is 0 Å². The average Bonchev–Trinajstić information content (AvgIpc) is 2.46. The van der Waals surface area contributed by atoms with Gasteiger partial charge in [0.25, 0.3) is 0 Å². The highest BCUT2D eigenvalue weighted by atomic mass is 35.5. The van der Waals surface area contributed by atoms with Crippen LogP contribution in [0.5, 0.6) is 0 Å².